The SMILES string of the molecule is CC(C)C1CCc2[nH]c3c(c2C1)CC(Br)C=N3. The van der Waals surface area contributed by atoms with E-state index in [0.717, 1.165) is 24.1 Å². The summed E-state index contributed by atoms with van der Waals surface area (Å²) in [5.41, 5.74) is 4.49. The van der Waals surface area contributed by atoms with Crippen LogP contribution in [0.1, 0.15) is 37.1 Å². The Bertz CT molecular complexity index is 459. The summed E-state index contributed by atoms with van der Waals surface area (Å²) in [7, 11) is 0. The Morgan fingerprint density at radius 3 is 2.94 bits per heavy atom. The maximum atomic E-state index is 4.52. The van der Waals surface area contributed by atoms with Gasteiger partial charge in [0.15, 0.2) is 0 Å². The van der Waals surface area contributed by atoms with E-state index in [9.17, 15) is 0 Å². The summed E-state index contributed by atoms with van der Waals surface area (Å²) in [4.78, 5) is 8.45. The van der Waals surface area contributed by atoms with Crippen molar-refractivity contribution in [3.8, 4) is 0 Å². The molecule has 0 aromatic carbocycles. The van der Waals surface area contributed by atoms with Gasteiger partial charge in [0, 0.05) is 17.5 Å². The molecule has 0 saturated heterocycles. The van der Waals surface area contributed by atoms with Gasteiger partial charge in [-0.3, -0.25) is 0 Å². The summed E-state index contributed by atoms with van der Waals surface area (Å²) >= 11 is 3.65. The zero-order valence-electron chi connectivity index (χ0n) is 10.5. The van der Waals surface area contributed by atoms with Crippen LogP contribution < -0.4 is 0 Å². The molecule has 3 rings (SSSR count). The van der Waals surface area contributed by atoms with Gasteiger partial charge in [-0.15, -0.1) is 0 Å². The smallest absolute Gasteiger partial charge is 0.133 e. The second-order valence-corrected chi connectivity index (χ2v) is 6.83. The summed E-state index contributed by atoms with van der Waals surface area (Å²) in [6.45, 7) is 4.69. The third-order valence-corrected chi connectivity index (χ3v) is 4.78. The van der Waals surface area contributed by atoms with Gasteiger partial charge in [0.05, 0.1) is 4.83 Å². The number of hydrogen-bond acceptors (Lipinski definition) is 1. The molecule has 0 spiro atoms. The predicted molar refractivity (Wildman–Crippen MR) is 75.7 cm³/mol. The van der Waals surface area contributed by atoms with Gasteiger partial charge in [0.25, 0.3) is 0 Å². The van der Waals surface area contributed by atoms with E-state index < -0.39 is 0 Å². The van der Waals surface area contributed by atoms with Gasteiger partial charge in [0.2, 0.25) is 0 Å². The first-order valence-corrected chi connectivity index (χ1v) is 7.47. The van der Waals surface area contributed by atoms with Crippen LogP contribution in [0, 0.1) is 11.8 Å². The van der Waals surface area contributed by atoms with Gasteiger partial charge >= 0.3 is 0 Å². The average Bonchev–Trinajstić information content (AvgIpc) is 2.66. The number of rotatable bonds is 1. The van der Waals surface area contributed by atoms with Crippen LogP contribution in [0.15, 0.2) is 4.99 Å². The van der Waals surface area contributed by atoms with Gasteiger partial charge in [-0.2, -0.15) is 0 Å². The van der Waals surface area contributed by atoms with Gasteiger partial charge in [-0.25, -0.2) is 4.99 Å². The van der Waals surface area contributed by atoms with Crippen LogP contribution in [0.25, 0.3) is 0 Å². The van der Waals surface area contributed by atoms with E-state index in [0.29, 0.717) is 4.83 Å². The predicted octanol–water partition coefficient (Wildman–Crippen LogP) is 3.80. The highest BCUT2D eigenvalue weighted by Gasteiger charge is 2.28. The highest BCUT2D eigenvalue weighted by atomic mass is 79.9. The van der Waals surface area contributed by atoms with Crippen LogP contribution in [0.4, 0.5) is 5.82 Å². The van der Waals surface area contributed by atoms with Crippen LogP contribution >= 0.6 is 15.9 Å². The summed E-state index contributed by atoms with van der Waals surface area (Å²) in [6, 6.07) is 0. The van der Waals surface area contributed by atoms with E-state index in [2.05, 4.69) is 39.8 Å². The topological polar surface area (TPSA) is 28.1 Å². The Hall–Kier alpha value is -0.570. The Balaban J connectivity index is 1.96. The third-order valence-electron chi connectivity index (χ3n) is 4.22. The number of halogens is 1. The molecule has 0 fully saturated rings. The molecule has 0 saturated carbocycles. The molecule has 0 radical (unpaired) electrons. The minimum Gasteiger partial charge on any atom is -0.343 e. The molecule has 0 bridgehead atoms. The molecule has 0 amide bonds. The normalized spacial score (nSPS) is 27.1. The number of H-pyrrole nitrogens is 1. The first-order chi connectivity index (χ1) is 8.15. The summed E-state index contributed by atoms with van der Waals surface area (Å²) in [5, 5.41) is 0. The van der Waals surface area contributed by atoms with Crippen molar-refractivity contribution in [3.05, 3.63) is 16.8 Å². The molecule has 1 aromatic heterocycles. The van der Waals surface area contributed by atoms with Crippen molar-refractivity contribution in [2.45, 2.75) is 44.4 Å². The molecule has 92 valence electrons. The second kappa shape index (κ2) is 4.27. The fraction of sp³-hybridized carbons (Fsp3) is 0.643. The average molecular weight is 295 g/mol. The van der Waals surface area contributed by atoms with E-state index in [1.54, 1.807) is 5.56 Å². The number of fused-ring (bicyclic) bond motifs is 3. The number of aliphatic imine (C=N–C) groups is 1. The molecule has 17 heavy (non-hydrogen) atoms. The highest BCUT2D eigenvalue weighted by Crippen LogP contribution is 2.38. The molecule has 2 atom stereocenters. The first kappa shape index (κ1) is 11.5. The Labute approximate surface area is 111 Å². The molecule has 1 aromatic rings. The molecule has 2 heterocycles. The van der Waals surface area contributed by atoms with Crippen LogP contribution in [-0.4, -0.2) is 16.0 Å². The van der Waals surface area contributed by atoms with E-state index >= 15 is 0 Å². The highest BCUT2D eigenvalue weighted by molar-refractivity contribution is 9.09. The van der Waals surface area contributed by atoms with Crippen molar-refractivity contribution >= 4 is 28.0 Å². The zero-order chi connectivity index (χ0) is 12.0. The standard InChI is InChI=1S/C14H19BrN2/c1-8(2)9-3-4-13-11(5-9)12-6-10(15)7-16-14(12)17-13/h7-10,17H,3-6H2,1-2H3. The maximum Gasteiger partial charge on any atom is 0.133 e. The fourth-order valence-electron chi connectivity index (χ4n) is 3.07. The van der Waals surface area contributed by atoms with E-state index in [4.69, 9.17) is 0 Å². The first-order valence-electron chi connectivity index (χ1n) is 6.56. The molecule has 1 aliphatic carbocycles. The second-order valence-electron chi connectivity index (χ2n) is 5.65. The number of aromatic amines is 1. The summed E-state index contributed by atoms with van der Waals surface area (Å²) in [5.74, 6) is 2.76. The number of aromatic nitrogens is 1. The third kappa shape index (κ3) is 1.99. The number of nitrogens with one attached hydrogen (secondary N) is 1. The van der Waals surface area contributed by atoms with Crippen molar-refractivity contribution in [2.24, 2.45) is 16.8 Å². The number of alkyl halides is 1. The minimum atomic E-state index is 0.411. The quantitative estimate of drug-likeness (QED) is 0.763. The molecule has 2 unspecified atom stereocenters. The van der Waals surface area contributed by atoms with Crippen molar-refractivity contribution < 1.29 is 0 Å². The lowest BCUT2D eigenvalue weighted by atomic mass is 9.79. The summed E-state index contributed by atoms with van der Waals surface area (Å²) < 4.78 is 0. The van der Waals surface area contributed by atoms with E-state index in [-0.39, 0.29) is 0 Å². The van der Waals surface area contributed by atoms with Gasteiger partial charge in [-0.1, -0.05) is 29.8 Å². The lowest BCUT2D eigenvalue weighted by Gasteiger charge is -2.26. The molecular weight excluding hydrogens is 276 g/mol. The largest absolute Gasteiger partial charge is 0.343 e. The lowest BCUT2D eigenvalue weighted by Crippen LogP contribution is -2.20. The zero-order valence-corrected chi connectivity index (χ0v) is 12.0. The Morgan fingerprint density at radius 2 is 2.18 bits per heavy atom. The van der Waals surface area contributed by atoms with Gasteiger partial charge < -0.3 is 4.98 Å². The molecule has 3 heteroatoms. The minimum absolute atomic E-state index is 0.411. The number of nitrogens with zero attached hydrogens (tertiary/aromatic N) is 1. The van der Waals surface area contributed by atoms with E-state index in [1.807, 2.05) is 6.21 Å². The van der Waals surface area contributed by atoms with Crippen molar-refractivity contribution in [1.29, 1.82) is 0 Å². The van der Waals surface area contributed by atoms with Crippen molar-refractivity contribution in [3.63, 3.8) is 0 Å². The molecule has 2 nitrogen and oxygen atoms in total. The fourth-order valence-corrected chi connectivity index (χ4v) is 3.52. The molecule has 1 aliphatic heterocycles. The molecular formula is C14H19BrN2. The van der Waals surface area contributed by atoms with Crippen LogP contribution in [-0.2, 0) is 19.3 Å². The van der Waals surface area contributed by atoms with Crippen molar-refractivity contribution in [2.75, 3.05) is 0 Å². The summed E-state index contributed by atoms with van der Waals surface area (Å²) in [6.07, 6.45) is 6.87. The maximum absolute atomic E-state index is 4.52. The lowest BCUT2D eigenvalue weighted by molar-refractivity contribution is 0.341. The van der Waals surface area contributed by atoms with Crippen LogP contribution in [0.5, 0.6) is 0 Å². The van der Waals surface area contributed by atoms with Crippen LogP contribution in [0.3, 0.4) is 0 Å². The number of hydrogen-bond donors (Lipinski definition) is 1. The monoisotopic (exact) mass is 294 g/mol. The van der Waals surface area contributed by atoms with Gasteiger partial charge in [0.1, 0.15) is 5.82 Å². The van der Waals surface area contributed by atoms with Crippen molar-refractivity contribution in [1.82, 2.24) is 4.98 Å². The molecule has 2 aliphatic rings. The van der Waals surface area contributed by atoms with Crippen LogP contribution in [0.2, 0.25) is 0 Å². The number of aryl methyl sites for hydroxylation is 1. The Kier molecular flexibility index (Phi) is 2.89. The molecule has 1 N–H and O–H groups in total. The van der Waals surface area contributed by atoms with E-state index in [1.165, 1.54) is 30.5 Å². The Morgan fingerprint density at radius 1 is 1.35 bits per heavy atom. The van der Waals surface area contributed by atoms with Gasteiger partial charge in [-0.05, 0) is 43.1 Å².